The van der Waals surface area contributed by atoms with Gasteiger partial charge in [-0.15, -0.1) is 11.3 Å². The number of thiophene rings is 1. The number of halogens is 1. The van der Waals surface area contributed by atoms with Crippen molar-refractivity contribution in [1.29, 1.82) is 0 Å². The van der Waals surface area contributed by atoms with E-state index in [1.54, 1.807) is 37.7 Å². The Labute approximate surface area is 185 Å². The lowest BCUT2D eigenvalue weighted by Gasteiger charge is -2.29. The van der Waals surface area contributed by atoms with Gasteiger partial charge >= 0.3 is 0 Å². The van der Waals surface area contributed by atoms with Crippen LogP contribution in [0.15, 0.2) is 53.9 Å². The number of amides is 1. The van der Waals surface area contributed by atoms with Gasteiger partial charge in [0.2, 0.25) is 5.91 Å². The third-order valence-corrected chi connectivity index (χ3v) is 6.44. The monoisotopic (exact) mass is 440 g/mol. The van der Waals surface area contributed by atoms with E-state index in [0.717, 1.165) is 34.7 Å². The van der Waals surface area contributed by atoms with Gasteiger partial charge in [0.1, 0.15) is 5.82 Å². The van der Waals surface area contributed by atoms with Gasteiger partial charge in [-0.1, -0.05) is 18.2 Å². The van der Waals surface area contributed by atoms with E-state index in [2.05, 4.69) is 10.2 Å². The number of benzene rings is 2. The van der Waals surface area contributed by atoms with Gasteiger partial charge in [0.25, 0.3) is 0 Å². The van der Waals surface area contributed by atoms with Gasteiger partial charge in [0, 0.05) is 18.0 Å². The van der Waals surface area contributed by atoms with Crippen LogP contribution in [0.3, 0.4) is 0 Å². The van der Waals surface area contributed by atoms with Crippen molar-refractivity contribution in [2.24, 2.45) is 0 Å². The number of nitrogens with one attached hydrogen (secondary N) is 1. The van der Waals surface area contributed by atoms with Crippen LogP contribution in [0, 0.1) is 5.82 Å². The first-order chi connectivity index (χ1) is 15.1. The smallest absolute Gasteiger partial charge is 0.234 e. The molecule has 162 valence electrons. The Balaban J connectivity index is 1.46. The molecule has 0 bridgehead atoms. The van der Waals surface area contributed by atoms with Crippen molar-refractivity contribution >= 4 is 17.2 Å². The zero-order chi connectivity index (χ0) is 21.8. The zero-order valence-electron chi connectivity index (χ0n) is 17.6. The van der Waals surface area contributed by atoms with Crippen LogP contribution >= 0.6 is 11.3 Å². The number of carbonyl (C=O) groups is 1. The molecule has 2 heterocycles. The summed E-state index contributed by atoms with van der Waals surface area (Å²) in [4.78, 5) is 16.1. The minimum atomic E-state index is -0.297. The molecule has 0 saturated heterocycles. The first kappa shape index (κ1) is 21.3. The van der Waals surface area contributed by atoms with E-state index in [4.69, 9.17) is 9.47 Å². The maximum atomic E-state index is 13.4. The molecule has 0 radical (unpaired) electrons. The summed E-state index contributed by atoms with van der Waals surface area (Å²) in [6.45, 7) is 1.75. The van der Waals surface area contributed by atoms with E-state index in [0.29, 0.717) is 12.3 Å². The van der Waals surface area contributed by atoms with Crippen molar-refractivity contribution in [1.82, 2.24) is 10.2 Å². The molecule has 31 heavy (non-hydrogen) atoms. The molecule has 1 atom stereocenters. The fourth-order valence-corrected chi connectivity index (χ4v) is 4.72. The Morgan fingerprint density at radius 3 is 2.48 bits per heavy atom. The second kappa shape index (κ2) is 9.49. The second-order valence-corrected chi connectivity index (χ2v) is 8.48. The lowest BCUT2D eigenvalue weighted by atomic mass is 9.98. The van der Waals surface area contributed by atoms with Crippen molar-refractivity contribution in [2.45, 2.75) is 19.0 Å². The predicted molar refractivity (Wildman–Crippen MR) is 119 cm³/mol. The van der Waals surface area contributed by atoms with Crippen molar-refractivity contribution in [3.8, 4) is 11.5 Å². The van der Waals surface area contributed by atoms with E-state index < -0.39 is 0 Å². The first-order valence-corrected chi connectivity index (χ1v) is 11.0. The van der Waals surface area contributed by atoms with E-state index >= 15 is 0 Å². The fourth-order valence-electron chi connectivity index (χ4n) is 3.92. The zero-order valence-corrected chi connectivity index (χ0v) is 18.4. The average molecular weight is 441 g/mol. The number of rotatable bonds is 7. The lowest BCUT2D eigenvalue weighted by Crippen LogP contribution is -2.41. The molecule has 0 unspecified atom stereocenters. The first-order valence-electron chi connectivity index (χ1n) is 10.1. The number of methoxy groups -OCH3 is 2. The van der Waals surface area contributed by atoms with Crippen LogP contribution in [0.25, 0.3) is 0 Å². The van der Waals surface area contributed by atoms with E-state index in [1.165, 1.54) is 17.7 Å². The Morgan fingerprint density at radius 1 is 1.13 bits per heavy atom. The molecule has 2 aromatic carbocycles. The highest BCUT2D eigenvalue weighted by atomic mass is 32.1. The summed E-state index contributed by atoms with van der Waals surface area (Å²) in [6, 6.07) is 13.9. The molecular formula is C24H25FN2O3S. The van der Waals surface area contributed by atoms with Gasteiger partial charge in [-0.05, 0) is 58.8 Å². The Hall–Kier alpha value is -2.90. The molecule has 1 aliphatic heterocycles. The van der Waals surface area contributed by atoms with Crippen molar-refractivity contribution < 1.29 is 18.7 Å². The van der Waals surface area contributed by atoms with Gasteiger partial charge in [-0.2, -0.15) is 0 Å². The van der Waals surface area contributed by atoms with Gasteiger partial charge in [0.15, 0.2) is 11.5 Å². The SMILES string of the molecule is COc1cc2c(cc1OC)CN(CC(=O)N[C@H](c1ccc(F)cc1)c1cccs1)CC2. The number of ether oxygens (including phenoxy) is 2. The third kappa shape index (κ3) is 4.89. The summed E-state index contributed by atoms with van der Waals surface area (Å²) < 4.78 is 24.2. The minimum Gasteiger partial charge on any atom is -0.493 e. The molecule has 5 nitrogen and oxygen atoms in total. The summed E-state index contributed by atoms with van der Waals surface area (Å²) in [5.41, 5.74) is 3.22. The summed E-state index contributed by atoms with van der Waals surface area (Å²) in [5, 5.41) is 5.10. The molecule has 0 saturated carbocycles. The molecule has 0 fully saturated rings. The fraction of sp³-hybridized carbons (Fsp3) is 0.292. The molecule has 1 N–H and O–H groups in total. The summed E-state index contributed by atoms with van der Waals surface area (Å²) in [7, 11) is 3.26. The minimum absolute atomic E-state index is 0.0633. The average Bonchev–Trinajstić information content (AvgIpc) is 3.32. The highest BCUT2D eigenvalue weighted by Gasteiger charge is 2.23. The maximum absolute atomic E-state index is 13.4. The van der Waals surface area contributed by atoms with Crippen molar-refractivity contribution in [3.05, 3.63) is 81.3 Å². The molecule has 0 aliphatic carbocycles. The molecule has 1 amide bonds. The summed E-state index contributed by atoms with van der Waals surface area (Å²) in [6.07, 6.45) is 0.843. The second-order valence-electron chi connectivity index (χ2n) is 7.50. The topological polar surface area (TPSA) is 50.8 Å². The van der Waals surface area contributed by atoms with Crippen molar-refractivity contribution in [2.75, 3.05) is 27.3 Å². The van der Waals surface area contributed by atoms with Gasteiger partial charge in [-0.3, -0.25) is 9.69 Å². The van der Waals surface area contributed by atoms with E-state index in [9.17, 15) is 9.18 Å². The predicted octanol–water partition coefficient (Wildman–Crippen LogP) is 4.17. The summed E-state index contributed by atoms with van der Waals surface area (Å²) >= 11 is 1.57. The quantitative estimate of drug-likeness (QED) is 0.599. The van der Waals surface area contributed by atoms with Gasteiger partial charge in [-0.25, -0.2) is 4.39 Å². The maximum Gasteiger partial charge on any atom is 0.234 e. The number of fused-ring (bicyclic) bond motifs is 1. The number of nitrogens with zero attached hydrogens (tertiary/aromatic N) is 1. The molecule has 7 heteroatoms. The molecular weight excluding hydrogens is 415 g/mol. The molecule has 1 aromatic heterocycles. The van der Waals surface area contributed by atoms with Crippen LogP contribution in [0.4, 0.5) is 4.39 Å². The highest BCUT2D eigenvalue weighted by molar-refractivity contribution is 7.10. The third-order valence-electron chi connectivity index (χ3n) is 5.50. The molecule has 0 spiro atoms. The number of hydrogen-bond acceptors (Lipinski definition) is 5. The Morgan fingerprint density at radius 2 is 1.84 bits per heavy atom. The van der Waals surface area contributed by atoms with Crippen molar-refractivity contribution in [3.63, 3.8) is 0 Å². The summed E-state index contributed by atoms with van der Waals surface area (Å²) in [5.74, 6) is 1.07. The number of hydrogen-bond donors (Lipinski definition) is 1. The van der Waals surface area contributed by atoms with Crippen LogP contribution in [-0.2, 0) is 17.8 Å². The van der Waals surface area contributed by atoms with Crippen LogP contribution < -0.4 is 14.8 Å². The van der Waals surface area contributed by atoms with Crippen LogP contribution in [-0.4, -0.2) is 38.1 Å². The molecule has 3 aromatic rings. The van der Waals surface area contributed by atoms with E-state index in [1.807, 2.05) is 29.6 Å². The number of carbonyl (C=O) groups excluding carboxylic acids is 1. The van der Waals surface area contributed by atoms with Gasteiger partial charge < -0.3 is 14.8 Å². The van der Waals surface area contributed by atoms with Crippen LogP contribution in [0.5, 0.6) is 11.5 Å². The van der Waals surface area contributed by atoms with Gasteiger partial charge in [0.05, 0.1) is 26.8 Å². The normalized spacial score (nSPS) is 14.5. The molecule has 1 aliphatic rings. The van der Waals surface area contributed by atoms with E-state index in [-0.39, 0.29) is 24.3 Å². The Kier molecular flexibility index (Phi) is 6.53. The lowest BCUT2D eigenvalue weighted by molar-refractivity contribution is -0.123. The largest absolute Gasteiger partial charge is 0.493 e. The molecule has 4 rings (SSSR count). The van der Waals surface area contributed by atoms with Crippen LogP contribution in [0.1, 0.15) is 27.6 Å². The Bertz CT molecular complexity index is 1040. The standard InChI is InChI=1S/C24H25FN2O3S/c1-29-20-12-17-9-10-27(14-18(17)13-21(20)30-2)15-23(28)26-24(22-4-3-11-31-22)16-5-7-19(25)8-6-16/h3-8,11-13,24H,9-10,14-15H2,1-2H3,(H,26,28)/t24-/m1/s1. The van der Waals surface area contributed by atoms with Crippen LogP contribution in [0.2, 0.25) is 0 Å². The highest BCUT2D eigenvalue weighted by Crippen LogP contribution is 2.33.